The van der Waals surface area contributed by atoms with Crippen molar-refractivity contribution in [3.05, 3.63) is 11.6 Å². The Morgan fingerprint density at radius 2 is 0.901 bits per heavy atom. The van der Waals surface area contributed by atoms with Crippen LogP contribution in [0.2, 0.25) is 0 Å². The average molecular weight is 1720 g/mol. The van der Waals surface area contributed by atoms with Gasteiger partial charge in [-0.1, -0.05) is 132 Å². The van der Waals surface area contributed by atoms with Crippen LogP contribution in [0.5, 0.6) is 0 Å². The highest BCUT2D eigenvalue weighted by Crippen LogP contribution is 2.70. The van der Waals surface area contributed by atoms with Crippen LogP contribution >= 0.6 is 0 Å². The van der Waals surface area contributed by atoms with E-state index in [1.54, 1.807) is 96.9 Å². The van der Waals surface area contributed by atoms with E-state index in [1.807, 2.05) is 6.92 Å². The van der Waals surface area contributed by atoms with E-state index < -0.39 is 137 Å². The fourth-order valence-electron chi connectivity index (χ4n) is 25.2. The summed E-state index contributed by atoms with van der Waals surface area (Å²) in [5.74, 6) is 2.97. The molecule has 16 unspecified atom stereocenters. The summed E-state index contributed by atoms with van der Waals surface area (Å²) in [4.78, 5) is 26.8. The van der Waals surface area contributed by atoms with Gasteiger partial charge in [-0.15, -0.1) is 0 Å². The molecule has 4 heterocycles. The predicted molar refractivity (Wildman–Crippen MR) is 467 cm³/mol. The highest BCUT2D eigenvalue weighted by atomic mass is 16.7. The van der Waals surface area contributed by atoms with Gasteiger partial charge in [0.05, 0.1) is 85.7 Å². The largest absolute Gasteiger partial charge is 0.446 e. The van der Waals surface area contributed by atoms with Crippen molar-refractivity contribution in [2.24, 2.45) is 68.0 Å². The third kappa shape index (κ3) is 17.3. The number of aliphatic hydroxyl groups is 8. The molecular formula is C96H174N2O23. The Bertz CT molecular complexity index is 3490. The predicted octanol–water partition coefficient (Wildman–Crippen LogP) is 14.6. The smallest absolute Gasteiger partial charge is 0.407 e. The van der Waals surface area contributed by atoms with Crippen LogP contribution in [-0.4, -0.2) is 257 Å². The van der Waals surface area contributed by atoms with Crippen LogP contribution in [-0.2, 0) is 61.6 Å². The maximum absolute atomic E-state index is 13.8. The zero-order valence-corrected chi connectivity index (χ0v) is 81.2. The molecule has 8 aliphatic rings. The molecule has 0 radical (unpaired) electrons. The van der Waals surface area contributed by atoms with Crippen molar-refractivity contribution in [2.45, 2.75) is 411 Å². The number of methoxy groups -OCH3 is 4. The second-order valence-electron chi connectivity index (χ2n) is 44.4. The summed E-state index contributed by atoms with van der Waals surface area (Å²) in [5.41, 5.74) is -31.2. The molecule has 4 aliphatic carbocycles. The molecule has 25 nitrogen and oxygen atoms in total. The minimum atomic E-state index is -2.28. The van der Waals surface area contributed by atoms with E-state index in [2.05, 4.69) is 51.3 Å². The number of carbonyl (C=O) groups excluding carboxylic acids is 2. The van der Waals surface area contributed by atoms with E-state index in [1.165, 1.54) is 127 Å². The Morgan fingerprint density at radius 3 is 1.44 bits per heavy atom. The summed E-state index contributed by atoms with van der Waals surface area (Å²) in [6, 6.07) is 0. The van der Waals surface area contributed by atoms with Crippen molar-refractivity contribution in [2.75, 3.05) is 108 Å². The lowest BCUT2D eigenvalue weighted by Crippen LogP contribution is -2.84. The maximum Gasteiger partial charge on any atom is 0.407 e. The second-order valence-corrected chi connectivity index (χ2v) is 44.4. The lowest BCUT2D eigenvalue weighted by atomic mass is 9.47. The van der Waals surface area contributed by atoms with Crippen LogP contribution in [0.15, 0.2) is 11.6 Å². The Labute approximate surface area is 729 Å². The Hall–Kier alpha value is -2.48. The molecule has 0 aromatic rings. The fraction of sp³-hybridized carbons (Fsp3) is 0.958. The van der Waals surface area contributed by atoms with Crippen molar-refractivity contribution in [1.29, 1.82) is 0 Å². The number of carbonyl (C=O) groups is 2. The fourth-order valence-corrected chi connectivity index (χ4v) is 25.2. The van der Waals surface area contributed by atoms with Gasteiger partial charge < -0.3 is 113 Å². The number of allylic oxidation sites excluding steroid dienone is 1. The summed E-state index contributed by atoms with van der Waals surface area (Å²) in [6.07, 6.45) is 22.9. The number of hydrogen-bond acceptors (Lipinski definition) is 23. The van der Waals surface area contributed by atoms with Gasteiger partial charge in [-0.2, -0.15) is 0 Å². The van der Waals surface area contributed by atoms with E-state index in [0.29, 0.717) is 24.9 Å². The van der Waals surface area contributed by atoms with Crippen LogP contribution in [0.3, 0.4) is 0 Å². The number of amides is 2. The third-order valence-electron chi connectivity index (χ3n) is 37.0. The van der Waals surface area contributed by atoms with Gasteiger partial charge in [0.15, 0.2) is 5.79 Å². The number of alkyl carbamates (subject to hydrolysis) is 2. The number of fused-ring (bicyclic) bond motifs is 5. The highest BCUT2D eigenvalue weighted by Gasteiger charge is 2.80. The molecule has 7 fully saturated rings. The van der Waals surface area contributed by atoms with Gasteiger partial charge in [0.25, 0.3) is 0 Å². The summed E-state index contributed by atoms with van der Waals surface area (Å²) in [5, 5.41) is 109. The van der Waals surface area contributed by atoms with Gasteiger partial charge in [0.2, 0.25) is 0 Å². The van der Waals surface area contributed by atoms with Crippen LogP contribution in [0.1, 0.15) is 315 Å². The molecule has 4 aliphatic heterocycles. The Kier molecular flexibility index (Phi) is 31.5. The first kappa shape index (κ1) is 104. The number of unbranched alkanes of at least 4 members (excludes halogenated alkanes) is 7. The van der Waals surface area contributed by atoms with Gasteiger partial charge in [-0.05, 0) is 228 Å². The van der Waals surface area contributed by atoms with Gasteiger partial charge in [0, 0.05) is 61.0 Å². The molecule has 0 spiro atoms. The number of rotatable bonds is 40. The number of nitrogens with one attached hydrogen (secondary N) is 2. The zero-order valence-electron chi connectivity index (χ0n) is 81.2. The molecule has 28 atom stereocenters. The van der Waals surface area contributed by atoms with Gasteiger partial charge in [-0.3, -0.25) is 0 Å². The molecule has 3 saturated carbocycles. The molecule has 2 amide bonds. The third-order valence-corrected chi connectivity index (χ3v) is 37.0. The minimum Gasteiger partial charge on any atom is -0.446 e. The van der Waals surface area contributed by atoms with Crippen LogP contribution in [0.25, 0.3) is 0 Å². The van der Waals surface area contributed by atoms with Crippen molar-refractivity contribution >= 4 is 12.2 Å². The second kappa shape index (κ2) is 36.7. The van der Waals surface area contributed by atoms with Crippen molar-refractivity contribution in [3.8, 4) is 0 Å². The van der Waals surface area contributed by atoms with Crippen LogP contribution in [0, 0.1) is 68.0 Å². The minimum absolute atomic E-state index is 0.0320. The Balaban J connectivity index is 0.873. The SMILES string of the molecule is CCC1(C)O[C@](C)(OCC2(C)O[C@](C)(COCCC3(C)O[C@](C)(COC)C(C)(O)[C@](C)(COC)[C@]3(C)O)C(C)(COC[C@@]3(C)OC(C)(COC(=O)NCCCCCCCCCCNC(=O)OC4CCC5(C)C(=CCC6C5CCC5(C)C(C(C)CCCC(C)C)CCC65)C4)[C@@](C)(O)[C@@](C)(O)C3(C)COC)[C@](C)(O)[C@]2(C)O)C(C)(COC)[C@](C)(O)[C@]1(C)O. The lowest BCUT2D eigenvalue weighted by Gasteiger charge is -2.69. The first-order valence-electron chi connectivity index (χ1n) is 46.4. The molecule has 0 bridgehead atoms. The summed E-state index contributed by atoms with van der Waals surface area (Å²) >= 11 is 0. The zero-order chi connectivity index (χ0) is 91.4. The van der Waals surface area contributed by atoms with Gasteiger partial charge >= 0.3 is 12.2 Å². The first-order valence-corrected chi connectivity index (χ1v) is 46.4. The molecule has 121 heavy (non-hydrogen) atoms. The average Bonchev–Trinajstić information content (AvgIpc) is 1.19. The molecular weight excluding hydrogens is 1550 g/mol. The van der Waals surface area contributed by atoms with Crippen LogP contribution < -0.4 is 10.6 Å². The van der Waals surface area contributed by atoms with E-state index in [-0.39, 0.29) is 76.7 Å². The monoisotopic (exact) mass is 1720 g/mol. The van der Waals surface area contributed by atoms with Crippen molar-refractivity contribution < 1.29 is 112 Å². The summed E-state index contributed by atoms with van der Waals surface area (Å²) in [6.45, 7) is 45.0. The molecule has 4 saturated heterocycles. The molecule has 8 rings (SSSR count). The number of hydrogen-bond donors (Lipinski definition) is 10. The molecule has 0 aromatic heterocycles. The van der Waals surface area contributed by atoms with E-state index in [9.17, 15) is 50.4 Å². The maximum atomic E-state index is 13.8. The summed E-state index contributed by atoms with van der Waals surface area (Å²) in [7, 11) is 5.94. The number of ether oxygens (including phenoxy) is 13. The van der Waals surface area contributed by atoms with E-state index >= 15 is 0 Å². The van der Waals surface area contributed by atoms with E-state index in [4.69, 9.17) is 61.6 Å². The van der Waals surface area contributed by atoms with Crippen LogP contribution in [0.4, 0.5) is 9.59 Å². The molecule has 10 N–H and O–H groups in total. The summed E-state index contributed by atoms with van der Waals surface area (Å²) < 4.78 is 84.1. The Morgan fingerprint density at radius 1 is 0.438 bits per heavy atom. The lowest BCUT2D eigenvalue weighted by molar-refractivity contribution is -0.462. The first-order chi connectivity index (χ1) is 55.5. The van der Waals surface area contributed by atoms with Crippen molar-refractivity contribution in [1.82, 2.24) is 10.6 Å². The standard InChI is InChI=1S/C96H174N2O23/c1-31-81(11)93(23,106)92(22,105)80(10,58-111-29)96(26,121-81)116-64-87(17)95(25,108)91(21,104)78(8,83(13,120-87)61-113-54-51-82(12)88(18,101)79(9,57-110-28)89(19,102)85(15,118-82)60-112-30)59-114-62-84(14)77(7,56-109-27)90(20,103)94(24,107)86(16,119-84)63-115-73(99)97-52-38-36-34-32-33-35-37-39-53-98-74(100)117-68-47-49-75(5)67(55-68)43-44-69-71-46-45-70(66(4)42-40-41-65(2)3)76(71,6)50-48-72(69)75/h43,65-66,68-72,101-108H,31-42,44-64H2,1-30H3,(H,97,99)(H,98,100)/t66?,68?,69?,70?,71?,72?,75?,76?,77?,78?,79-,80?,81?,82?,83-,84-,85-,86?,87?,88+,89?,90+,91+,92+,93-,94-,95-,96+/m1/s1. The molecule has 706 valence electrons. The van der Waals surface area contributed by atoms with Gasteiger partial charge in [0.1, 0.15) is 85.5 Å². The van der Waals surface area contributed by atoms with E-state index in [0.717, 1.165) is 99.7 Å². The van der Waals surface area contributed by atoms with Gasteiger partial charge in [-0.25, -0.2) is 9.59 Å². The topological polar surface area (TPSA) is 340 Å². The normalized spacial score (nSPS) is 47.6. The quantitative estimate of drug-likeness (QED) is 0.0201. The molecule has 0 aromatic carbocycles. The highest BCUT2D eigenvalue weighted by molar-refractivity contribution is 5.67. The molecule has 25 heteroatoms. The van der Waals surface area contributed by atoms with Crippen molar-refractivity contribution in [3.63, 3.8) is 0 Å².